The summed E-state index contributed by atoms with van der Waals surface area (Å²) in [6, 6.07) is 22.3. The number of benzene rings is 2. The van der Waals surface area contributed by atoms with Crippen molar-refractivity contribution in [2.24, 2.45) is 0 Å². The van der Waals surface area contributed by atoms with E-state index >= 15 is 0 Å². The zero-order valence-corrected chi connectivity index (χ0v) is 15.1. The van der Waals surface area contributed by atoms with Gasteiger partial charge in [0.1, 0.15) is 0 Å². The van der Waals surface area contributed by atoms with E-state index in [1.807, 2.05) is 54.6 Å². The summed E-state index contributed by atoms with van der Waals surface area (Å²) in [6.45, 7) is 2.13. The van der Waals surface area contributed by atoms with Crippen molar-refractivity contribution in [3.8, 4) is 0 Å². The molecule has 1 amide bonds. The largest absolute Gasteiger partial charge is 0.349 e. The van der Waals surface area contributed by atoms with Crippen LogP contribution in [0.2, 0.25) is 0 Å². The number of nitrogens with one attached hydrogen (secondary N) is 1. The molecule has 0 saturated carbocycles. The lowest BCUT2D eigenvalue weighted by Gasteiger charge is -2.18. The molecule has 128 valence electrons. The highest BCUT2D eigenvalue weighted by molar-refractivity contribution is 7.99. The SMILES string of the molecule is CCCC(NC(=O)CSc1ccc2ccccc2n1)c1ccccc1. The number of carbonyl (C=O) groups is 1. The molecule has 0 fully saturated rings. The number of nitrogens with zero attached hydrogens (tertiary/aromatic N) is 1. The van der Waals surface area contributed by atoms with Crippen molar-refractivity contribution in [1.82, 2.24) is 10.3 Å². The number of rotatable bonds is 7. The summed E-state index contributed by atoms with van der Waals surface area (Å²) in [5.74, 6) is 0.417. The van der Waals surface area contributed by atoms with Crippen LogP contribution in [0.1, 0.15) is 31.4 Å². The first kappa shape index (κ1) is 17.5. The van der Waals surface area contributed by atoms with Gasteiger partial charge in [-0.05, 0) is 24.1 Å². The van der Waals surface area contributed by atoms with Crippen molar-refractivity contribution in [1.29, 1.82) is 0 Å². The smallest absolute Gasteiger partial charge is 0.230 e. The molecular weight excluding hydrogens is 328 g/mol. The Morgan fingerprint density at radius 2 is 1.80 bits per heavy atom. The molecule has 3 aromatic rings. The maximum Gasteiger partial charge on any atom is 0.230 e. The molecule has 0 aliphatic rings. The molecule has 0 saturated heterocycles. The Kier molecular flexibility index (Phi) is 6.07. The van der Waals surface area contributed by atoms with E-state index in [2.05, 4.69) is 29.4 Å². The van der Waals surface area contributed by atoms with Gasteiger partial charge in [-0.3, -0.25) is 4.79 Å². The van der Waals surface area contributed by atoms with Crippen LogP contribution in [0.3, 0.4) is 0 Å². The van der Waals surface area contributed by atoms with E-state index < -0.39 is 0 Å². The van der Waals surface area contributed by atoms with Gasteiger partial charge in [-0.1, -0.05) is 79.7 Å². The minimum Gasteiger partial charge on any atom is -0.349 e. The average Bonchev–Trinajstić information content (AvgIpc) is 2.66. The predicted molar refractivity (Wildman–Crippen MR) is 105 cm³/mol. The molecule has 0 bridgehead atoms. The van der Waals surface area contributed by atoms with Crippen molar-refractivity contribution in [2.45, 2.75) is 30.8 Å². The number of amides is 1. The summed E-state index contributed by atoms with van der Waals surface area (Å²) < 4.78 is 0. The highest BCUT2D eigenvalue weighted by Gasteiger charge is 2.14. The Labute approximate surface area is 152 Å². The Bertz CT molecular complexity index is 835. The molecule has 1 N–H and O–H groups in total. The first-order valence-electron chi connectivity index (χ1n) is 8.59. The Morgan fingerprint density at radius 1 is 1.04 bits per heavy atom. The topological polar surface area (TPSA) is 42.0 Å². The summed E-state index contributed by atoms with van der Waals surface area (Å²) in [6.07, 6.45) is 1.97. The number of aromatic nitrogens is 1. The zero-order chi connectivity index (χ0) is 17.5. The highest BCUT2D eigenvalue weighted by Crippen LogP contribution is 2.21. The third-order valence-corrected chi connectivity index (χ3v) is 4.97. The predicted octanol–water partition coefficient (Wildman–Crippen LogP) is 4.98. The molecule has 3 nitrogen and oxygen atoms in total. The van der Waals surface area contributed by atoms with Gasteiger partial charge in [0.05, 0.1) is 22.3 Å². The van der Waals surface area contributed by atoms with Crippen LogP contribution in [0.15, 0.2) is 71.8 Å². The van der Waals surface area contributed by atoms with Crippen molar-refractivity contribution in [3.05, 3.63) is 72.3 Å². The van der Waals surface area contributed by atoms with Crippen LogP contribution in [0, 0.1) is 0 Å². The van der Waals surface area contributed by atoms with Gasteiger partial charge in [-0.15, -0.1) is 0 Å². The zero-order valence-electron chi connectivity index (χ0n) is 14.3. The van der Waals surface area contributed by atoms with Gasteiger partial charge in [-0.2, -0.15) is 0 Å². The van der Waals surface area contributed by atoms with Crippen LogP contribution in [-0.4, -0.2) is 16.6 Å². The standard InChI is InChI=1S/C21H22N2OS/c1-2-8-18(16-9-4-3-5-10-16)22-20(24)15-25-21-14-13-17-11-6-7-12-19(17)23-21/h3-7,9-14,18H,2,8,15H2,1H3,(H,22,24). The molecule has 1 heterocycles. The van der Waals surface area contributed by atoms with E-state index in [1.165, 1.54) is 11.8 Å². The number of pyridine rings is 1. The van der Waals surface area contributed by atoms with Crippen LogP contribution < -0.4 is 5.32 Å². The van der Waals surface area contributed by atoms with E-state index in [0.717, 1.165) is 34.3 Å². The first-order valence-corrected chi connectivity index (χ1v) is 9.57. The molecule has 25 heavy (non-hydrogen) atoms. The van der Waals surface area contributed by atoms with Gasteiger partial charge >= 0.3 is 0 Å². The lowest BCUT2D eigenvalue weighted by atomic mass is 10.0. The second-order valence-electron chi connectivity index (χ2n) is 5.95. The minimum absolute atomic E-state index is 0.0438. The van der Waals surface area contributed by atoms with Crippen LogP contribution in [0.25, 0.3) is 10.9 Å². The fourth-order valence-corrected chi connectivity index (χ4v) is 3.49. The van der Waals surface area contributed by atoms with Gasteiger partial charge in [0.25, 0.3) is 0 Å². The molecule has 1 atom stereocenters. The molecule has 0 aliphatic heterocycles. The number of fused-ring (bicyclic) bond motifs is 1. The molecule has 3 rings (SSSR count). The van der Waals surface area contributed by atoms with Crippen LogP contribution >= 0.6 is 11.8 Å². The second kappa shape index (κ2) is 8.67. The van der Waals surface area contributed by atoms with E-state index in [9.17, 15) is 4.79 Å². The van der Waals surface area contributed by atoms with E-state index in [0.29, 0.717) is 5.75 Å². The van der Waals surface area contributed by atoms with E-state index in [4.69, 9.17) is 0 Å². The summed E-state index contributed by atoms with van der Waals surface area (Å²) in [4.78, 5) is 17.0. The monoisotopic (exact) mass is 350 g/mol. The summed E-state index contributed by atoms with van der Waals surface area (Å²) in [5.41, 5.74) is 2.12. The number of para-hydroxylation sites is 1. The van der Waals surface area contributed by atoms with Crippen LogP contribution in [0.5, 0.6) is 0 Å². The lowest BCUT2D eigenvalue weighted by Crippen LogP contribution is -2.29. The highest BCUT2D eigenvalue weighted by atomic mass is 32.2. The normalized spacial score (nSPS) is 12.0. The minimum atomic E-state index is 0.0438. The molecule has 4 heteroatoms. The quantitative estimate of drug-likeness (QED) is 0.611. The lowest BCUT2D eigenvalue weighted by molar-refractivity contribution is -0.119. The molecule has 0 aliphatic carbocycles. The molecule has 0 spiro atoms. The van der Waals surface area contributed by atoms with Gasteiger partial charge in [0, 0.05) is 5.39 Å². The summed E-state index contributed by atoms with van der Waals surface area (Å²) >= 11 is 1.48. The van der Waals surface area contributed by atoms with Crippen molar-refractivity contribution < 1.29 is 4.79 Å². The Morgan fingerprint density at radius 3 is 2.60 bits per heavy atom. The maximum absolute atomic E-state index is 12.4. The van der Waals surface area contributed by atoms with E-state index in [1.54, 1.807) is 0 Å². The molecular formula is C21H22N2OS. The Hall–Kier alpha value is -2.33. The molecule has 1 unspecified atom stereocenters. The van der Waals surface area contributed by atoms with Crippen molar-refractivity contribution in [3.63, 3.8) is 0 Å². The van der Waals surface area contributed by atoms with Crippen LogP contribution in [0.4, 0.5) is 0 Å². The maximum atomic E-state index is 12.4. The molecule has 0 radical (unpaired) electrons. The van der Waals surface area contributed by atoms with Crippen LogP contribution in [-0.2, 0) is 4.79 Å². The van der Waals surface area contributed by atoms with Gasteiger partial charge < -0.3 is 5.32 Å². The van der Waals surface area contributed by atoms with Gasteiger partial charge in [0.2, 0.25) is 5.91 Å². The summed E-state index contributed by atoms with van der Waals surface area (Å²) in [7, 11) is 0. The number of hydrogen-bond acceptors (Lipinski definition) is 3. The third kappa shape index (κ3) is 4.83. The fourth-order valence-electron chi connectivity index (χ4n) is 2.80. The van der Waals surface area contributed by atoms with Gasteiger partial charge in [-0.25, -0.2) is 4.98 Å². The fraction of sp³-hybridized carbons (Fsp3) is 0.238. The third-order valence-electron chi connectivity index (χ3n) is 4.04. The average molecular weight is 350 g/mol. The van der Waals surface area contributed by atoms with Crippen molar-refractivity contribution >= 4 is 28.6 Å². The van der Waals surface area contributed by atoms with Crippen molar-refractivity contribution in [2.75, 3.05) is 5.75 Å². The Balaban J connectivity index is 1.60. The number of carbonyl (C=O) groups excluding carboxylic acids is 1. The second-order valence-corrected chi connectivity index (χ2v) is 6.95. The number of thioether (sulfide) groups is 1. The van der Waals surface area contributed by atoms with Gasteiger partial charge in [0.15, 0.2) is 0 Å². The number of hydrogen-bond donors (Lipinski definition) is 1. The molecule has 1 aromatic heterocycles. The summed E-state index contributed by atoms with van der Waals surface area (Å²) in [5, 5.41) is 5.14. The van der Waals surface area contributed by atoms with E-state index in [-0.39, 0.29) is 11.9 Å². The first-order chi connectivity index (χ1) is 12.3. The molecule has 2 aromatic carbocycles.